The maximum atomic E-state index is 12.9. The molecule has 24 heavy (non-hydrogen) atoms. The van der Waals surface area contributed by atoms with E-state index in [1.807, 2.05) is 6.92 Å². The highest BCUT2D eigenvalue weighted by molar-refractivity contribution is 14.0. The minimum atomic E-state index is -0.291. The van der Waals surface area contributed by atoms with Gasteiger partial charge in [-0.1, -0.05) is 0 Å². The molecule has 2 aromatic rings. The molecule has 6 nitrogen and oxygen atoms in total. The van der Waals surface area contributed by atoms with Gasteiger partial charge in [0.05, 0.1) is 12.3 Å². The van der Waals surface area contributed by atoms with Gasteiger partial charge >= 0.3 is 0 Å². The van der Waals surface area contributed by atoms with E-state index < -0.39 is 0 Å². The number of nitrogens with zero attached hydrogens (tertiary/aromatic N) is 2. The Morgan fingerprint density at radius 3 is 2.79 bits per heavy atom. The van der Waals surface area contributed by atoms with Gasteiger partial charge in [-0.25, -0.2) is 9.37 Å². The van der Waals surface area contributed by atoms with Crippen LogP contribution in [0.4, 0.5) is 4.39 Å². The van der Waals surface area contributed by atoms with E-state index >= 15 is 0 Å². The van der Waals surface area contributed by atoms with Gasteiger partial charge in [0.25, 0.3) is 0 Å². The molecule has 0 fully saturated rings. The Balaban J connectivity index is 0.00000288. The van der Waals surface area contributed by atoms with Crippen molar-refractivity contribution in [1.29, 1.82) is 0 Å². The number of nitrogens with one attached hydrogen (secondary N) is 1. The third-order valence-electron chi connectivity index (χ3n) is 3.10. The Hall–Kier alpha value is -1.68. The van der Waals surface area contributed by atoms with Crippen molar-refractivity contribution < 1.29 is 13.5 Å². The molecule has 8 heteroatoms. The van der Waals surface area contributed by atoms with E-state index in [0.29, 0.717) is 31.4 Å². The normalized spacial score (nSPS) is 12.5. The smallest absolute Gasteiger partial charge is 0.226 e. The number of rotatable bonds is 7. The van der Waals surface area contributed by atoms with Gasteiger partial charge in [-0.05, 0) is 31.2 Å². The quantitative estimate of drug-likeness (QED) is 0.387. The molecule has 0 aliphatic rings. The molecule has 1 atom stereocenters. The van der Waals surface area contributed by atoms with Crippen LogP contribution in [0.25, 0.3) is 11.5 Å². The first-order valence-corrected chi connectivity index (χ1v) is 7.34. The van der Waals surface area contributed by atoms with Crippen LogP contribution < -0.4 is 11.1 Å². The van der Waals surface area contributed by atoms with Gasteiger partial charge < -0.3 is 20.2 Å². The molecule has 132 valence electrons. The number of nitrogens with two attached hydrogens (primary N) is 1. The van der Waals surface area contributed by atoms with Crippen LogP contribution in [0.15, 0.2) is 39.9 Å². The van der Waals surface area contributed by atoms with E-state index in [9.17, 15) is 4.39 Å². The fourth-order valence-corrected chi connectivity index (χ4v) is 2.03. The number of aromatic nitrogens is 1. The standard InChI is InChI=1S/C16H21FN4O2.HI/c1-11(9-22-2)20-16(18)19-8-7-14-10-23-15(21-14)12-3-5-13(17)6-4-12;/h3-6,10-11H,7-9H2,1-2H3,(H3,18,19,20);1H. The zero-order chi connectivity index (χ0) is 16.7. The predicted molar refractivity (Wildman–Crippen MR) is 102 cm³/mol. The van der Waals surface area contributed by atoms with Crippen LogP contribution >= 0.6 is 24.0 Å². The SMILES string of the molecule is COCC(C)NC(N)=NCCc1coc(-c2ccc(F)cc2)n1.I. The molecular formula is C16H22FIN4O2. The molecule has 0 saturated heterocycles. The van der Waals surface area contributed by atoms with Crippen LogP contribution in [0.1, 0.15) is 12.6 Å². The summed E-state index contributed by atoms with van der Waals surface area (Å²) in [5.74, 6) is 0.543. The molecule has 0 bridgehead atoms. The number of oxazole rings is 1. The van der Waals surface area contributed by atoms with Crippen molar-refractivity contribution in [2.75, 3.05) is 20.3 Å². The van der Waals surface area contributed by atoms with E-state index in [4.69, 9.17) is 14.9 Å². The van der Waals surface area contributed by atoms with Crippen LogP contribution in [0, 0.1) is 5.82 Å². The molecule has 3 N–H and O–H groups in total. The Bertz CT molecular complexity index is 646. The summed E-state index contributed by atoms with van der Waals surface area (Å²) in [6, 6.07) is 6.10. The fourth-order valence-electron chi connectivity index (χ4n) is 2.03. The molecule has 0 aliphatic carbocycles. The first kappa shape index (κ1) is 20.4. The van der Waals surface area contributed by atoms with Crippen molar-refractivity contribution in [3.63, 3.8) is 0 Å². The van der Waals surface area contributed by atoms with Crippen molar-refractivity contribution in [2.24, 2.45) is 10.7 Å². The summed E-state index contributed by atoms with van der Waals surface area (Å²) in [4.78, 5) is 8.59. The summed E-state index contributed by atoms with van der Waals surface area (Å²) in [7, 11) is 1.63. The number of aliphatic imine (C=N–C) groups is 1. The molecule has 1 aromatic carbocycles. The van der Waals surface area contributed by atoms with Crippen molar-refractivity contribution in [1.82, 2.24) is 10.3 Å². The van der Waals surface area contributed by atoms with E-state index in [1.165, 1.54) is 12.1 Å². The van der Waals surface area contributed by atoms with Gasteiger partial charge in [0.1, 0.15) is 12.1 Å². The average Bonchev–Trinajstić information content (AvgIpc) is 2.97. The summed E-state index contributed by atoms with van der Waals surface area (Å²) in [5, 5.41) is 3.03. The summed E-state index contributed by atoms with van der Waals surface area (Å²) in [5.41, 5.74) is 7.28. The Morgan fingerprint density at radius 1 is 1.42 bits per heavy atom. The van der Waals surface area contributed by atoms with Gasteiger partial charge in [-0.2, -0.15) is 0 Å². The molecule has 1 aromatic heterocycles. The number of methoxy groups -OCH3 is 1. The second kappa shape index (κ2) is 10.2. The minimum absolute atomic E-state index is 0. The van der Waals surface area contributed by atoms with Gasteiger partial charge in [-0.15, -0.1) is 24.0 Å². The second-order valence-electron chi connectivity index (χ2n) is 5.17. The van der Waals surface area contributed by atoms with E-state index in [-0.39, 0.29) is 35.8 Å². The zero-order valence-electron chi connectivity index (χ0n) is 13.7. The van der Waals surface area contributed by atoms with Gasteiger partial charge in [0.2, 0.25) is 5.89 Å². The number of ether oxygens (including phenoxy) is 1. The topological polar surface area (TPSA) is 85.7 Å². The molecule has 0 spiro atoms. The highest BCUT2D eigenvalue weighted by atomic mass is 127. The molecule has 0 amide bonds. The van der Waals surface area contributed by atoms with Crippen LogP contribution in [-0.4, -0.2) is 37.2 Å². The molecule has 1 heterocycles. The third kappa shape index (κ3) is 6.44. The lowest BCUT2D eigenvalue weighted by atomic mass is 10.2. The lowest BCUT2D eigenvalue weighted by molar-refractivity contribution is 0.179. The lowest BCUT2D eigenvalue weighted by Crippen LogP contribution is -2.40. The predicted octanol–water partition coefficient (Wildman–Crippen LogP) is 2.58. The first-order valence-electron chi connectivity index (χ1n) is 7.34. The van der Waals surface area contributed by atoms with Gasteiger partial charge in [0.15, 0.2) is 5.96 Å². The number of halogens is 2. The largest absolute Gasteiger partial charge is 0.444 e. The Morgan fingerprint density at radius 2 is 2.12 bits per heavy atom. The summed E-state index contributed by atoms with van der Waals surface area (Å²) in [6.07, 6.45) is 2.18. The van der Waals surface area contributed by atoms with Gasteiger partial charge in [0, 0.05) is 31.7 Å². The number of hydrogen-bond donors (Lipinski definition) is 2. The van der Waals surface area contributed by atoms with E-state index in [1.54, 1.807) is 25.5 Å². The zero-order valence-corrected chi connectivity index (χ0v) is 16.0. The summed E-state index contributed by atoms with van der Waals surface area (Å²) < 4.78 is 23.3. The van der Waals surface area contributed by atoms with Crippen molar-refractivity contribution in [3.8, 4) is 11.5 Å². The van der Waals surface area contributed by atoms with Crippen LogP contribution in [-0.2, 0) is 11.2 Å². The van der Waals surface area contributed by atoms with Crippen molar-refractivity contribution in [3.05, 3.63) is 42.0 Å². The highest BCUT2D eigenvalue weighted by Crippen LogP contribution is 2.19. The molecular weight excluding hydrogens is 426 g/mol. The number of benzene rings is 1. The number of guanidine groups is 1. The Labute approximate surface area is 157 Å². The van der Waals surface area contributed by atoms with Gasteiger partial charge in [-0.3, -0.25) is 4.99 Å². The van der Waals surface area contributed by atoms with Crippen LogP contribution in [0.5, 0.6) is 0 Å². The molecule has 0 saturated carbocycles. The molecule has 2 rings (SSSR count). The van der Waals surface area contributed by atoms with E-state index in [0.717, 1.165) is 11.3 Å². The monoisotopic (exact) mass is 448 g/mol. The highest BCUT2D eigenvalue weighted by Gasteiger charge is 2.07. The first-order chi connectivity index (χ1) is 11.1. The van der Waals surface area contributed by atoms with Crippen LogP contribution in [0.3, 0.4) is 0 Å². The fraction of sp³-hybridized carbons (Fsp3) is 0.375. The maximum absolute atomic E-state index is 12.9. The Kier molecular flexibility index (Phi) is 8.69. The summed E-state index contributed by atoms with van der Waals surface area (Å²) in [6.45, 7) is 3.01. The van der Waals surface area contributed by atoms with E-state index in [2.05, 4.69) is 15.3 Å². The molecule has 0 aliphatic heterocycles. The molecule has 0 radical (unpaired) electrons. The molecule has 1 unspecified atom stereocenters. The van der Waals surface area contributed by atoms with Crippen molar-refractivity contribution in [2.45, 2.75) is 19.4 Å². The maximum Gasteiger partial charge on any atom is 0.226 e. The number of hydrogen-bond acceptors (Lipinski definition) is 4. The third-order valence-corrected chi connectivity index (χ3v) is 3.10. The average molecular weight is 448 g/mol. The van der Waals surface area contributed by atoms with Crippen LogP contribution in [0.2, 0.25) is 0 Å². The van der Waals surface area contributed by atoms with Crippen molar-refractivity contribution >= 4 is 29.9 Å². The second-order valence-corrected chi connectivity index (χ2v) is 5.17. The lowest BCUT2D eigenvalue weighted by Gasteiger charge is -2.12. The minimum Gasteiger partial charge on any atom is -0.444 e. The summed E-state index contributed by atoms with van der Waals surface area (Å²) >= 11 is 0.